The van der Waals surface area contributed by atoms with E-state index in [4.69, 9.17) is 0 Å². The van der Waals surface area contributed by atoms with Crippen molar-refractivity contribution in [3.8, 4) is 0 Å². The molecule has 0 nitrogen and oxygen atoms in total. The Bertz CT molecular complexity index is 694. The molecule has 0 heterocycles. The van der Waals surface area contributed by atoms with Gasteiger partial charge in [-0.05, 0) is 33.3 Å². The van der Waals surface area contributed by atoms with Gasteiger partial charge in [0, 0.05) is 0 Å². The van der Waals surface area contributed by atoms with Crippen molar-refractivity contribution in [3.63, 3.8) is 0 Å². The molecule has 2 aromatic carbocycles. The minimum absolute atomic E-state index is 0.177. The second-order valence-corrected chi connectivity index (χ2v) is 6.75. The molecule has 0 bridgehead atoms. The van der Waals surface area contributed by atoms with Crippen LogP contribution in [0.25, 0.3) is 5.57 Å². The van der Waals surface area contributed by atoms with Crippen LogP contribution in [0.2, 0.25) is 0 Å². The molecule has 0 saturated carbocycles. The maximum atomic E-state index is 2.33. The SMILES string of the molecule is CC(C)(C)C1=CC(=C(c2ccccc2)c2ccccc2)C=C1. The summed E-state index contributed by atoms with van der Waals surface area (Å²) >= 11 is 0. The maximum Gasteiger partial charge on any atom is -0.00388 e. The minimum Gasteiger partial charge on any atom is -0.0622 e. The van der Waals surface area contributed by atoms with Crippen molar-refractivity contribution in [2.24, 2.45) is 5.41 Å². The van der Waals surface area contributed by atoms with Gasteiger partial charge in [-0.2, -0.15) is 0 Å². The average Bonchev–Trinajstić information content (AvgIpc) is 2.99. The molecule has 0 N–H and O–H groups in total. The van der Waals surface area contributed by atoms with Gasteiger partial charge in [0.1, 0.15) is 0 Å². The first-order chi connectivity index (χ1) is 10.6. The molecule has 22 heavy (non-hydrogen) atoms. The number of benzene rings is 2. The smallest absolute Gasteiger partial charge is 0.00388 e. The number of rotatable bonds is 2. The van der Waals surface area contributed by atoms with Gasteiger partial charge >= 0.3 is 0 Å². The van der Waals surface area contributed by atoms with Crippen LogP contribution in [-0.4, -0.2) is 0 Å². The van der Waals surface area contributed by atoms with Crippen molar-refractivity contribution in [2.45, 2.75) is 20.8 Å². The van der Waals surface area contributed by atoms with Gasteiger partial charge in [0.15, 0.2) is 0 Å². The first-order valence-corrected chi connectivity index (χ1v) is 7.81. The third-order valence-electron chi connectivity index (χ3n) is 4.03. The maximum absolute atomic E-state index is 2.33. The molecule has 0 atom stereocenters. The van der Waals surface area contributed by atoms with E-state index >= 15 is 0 Å². The van der Waals surface area contributed by atoms with Crippen LogP contribution in [0.4, 0.5) is 0 Å². The van der Waals surface area contributed by atoms with Crippen LogP contribution in [-0.2, 0) is 0 Å². The molecule has 0 aliphatic heterocycles. The lowest BCUT2D eigenvalue weighted by Crippen LogP contribution is -2.05. The summed E-state index contributed by atoms with van der Waals surface area (Å²) in [5.74, 6) is 0. The number of hydrogen-bond donors (Lipinski definition) is 0. The first kappa shape index (κ1) is 14.6. The van der Waals surface area contributed by atoms with Crippen LogP contribution in [0.15, 0.2) is 90.0 Å². The van der Waals surface area contributed by atoms with Crippen LogP contribution in [0, 0.1) is 5.41 Å². The molecule has 0 spiro atoms. The summed E-state index contributed by atoms with van der Waals surface area (Å²) in [6.45, 7) is 6.78. The monoisotopic (exact) mass is 286 g/mol. The summed E-state index contributed by atoms with van der Waals surface area (Å²) in [6, 6.07) is 21.3. The topological polar surface area (TPSA) is 0 Å². The van der Waals surface area contributed by atoms with E-state index in [9.17, 15) is 0 Å². The van der Waals surface area contributed by atoms with Crippen molar-refractivity contribution < 1.29 is 0 Å². The predicted molar refractivity (Wildman–Crippen MR) is 95.6 cm³/mol. The molecule has 2 aromatic rings. The van der Waals surface area contributed by atoms with Crippen molar-refractivity contribution in [1.29, 1.82) is 0 Å². The third-order valence-corrected chi connectivity index (χ3v) is 4.03. The molecular weight excluding hydrogens is 264 g/mol. The van der Waals surface area contributed by atoms with Gasteiger partial charge in [-0.3, -0.25) is 0 Å². The van der Waals surface area contributed by atoms with E-state index in [1.165, 1.54) is 27.8 Å². The zero-order valence-corrected chi connectivity index (χ0v) is 13.5. The summed E-state index contributed by atoms with van der Waals surface area (Å²) in [4.78, 5) is 0. The van der Waals surface area contributed by atoms with Crippen LogP contribution in [0.5, 0.6) is 0 Å². The van der Waals surface area contributed by atoms with Gasteiger partial charge in [0.25, 0.3) is 0 Å². The van der Waals surface area contributed by atoms with E-state index in [2.05, 4.69) is 99.7 Å². The van der Waals surface area contributed by atoms with Gasteiger partial charge in [-0.15, -0.1) is 0 Å². The molecular formula is C22H22. The molecule has 0 heteroatoms. The molecule has 1 aliphatic rings. The fourth-order valence-corrected chi connectivity index (χ4v) is 2.77. The quantitative estimate of drug-likeness (QED) is 0.632. The summed E-state index contributed by atoms with van der Waals surface area (Å²) in [5, 5.41) is 0. The fourth-order valence-electron chi connectivity index (χ4n) is 2.77. The highest BCUT2D eigenvalue weighted by molar-refractivity contribution is 5.86. The Morgan fingerprint density at radius 3 is 1.59 bits per heavy atom. The van der Waals surface area contributed by atoms with Crippen LogP contribution >= 0.6 is 0 Å². The summed E-state index contributed by atoms with van der Waals surface area (Å²) < 4.78 is 0. The van der Waals surface area contributed by atoms with E-state index < -0.39 is 0 Å². The highest BCUT2D eigenvalue weighted by Gasteiger charge is 2.19. The molecule has 0 aromatic heterocycles. The normalized spacial score (nSPS) is 14.1. The first-order valence-electron chi connectivity index (χ1n) is 7.81. The highest BCUT2D eigenvalue weighted by Crippen LogP contribution is 2.36. The summed E-state index contributed by atoms with van der Waals surface area (Å²) in [6.07, 6.45) is 6.83. The van der Waals surface area contributed by atoms with Gasteiger partial charge < -0.3 is 0 Å². The van der Waals surface area contributed by atoms with Crippen molar-refractivity contribution >= 4 is 5.57 Å². The van der Waals surface area contributed by atoms with E-state index in [0.29, 0.717) is 0 Å². The van der Waals surface area contributed by atoms with Crippen LogP contribution in [0.3, 0.4) is 0 Å². The Labute approximate surface area is 133 Å². The Kier molecular flexibility index (Phi) is 3.85. The van der Waals surface area contributed by atoms with Gasteiger partial charge in [-0.1, -0.05) is 99.7 Å². The zero-order valence-electron chi connectivity index (χ0n) is 13.5. The van der Waals surface area contributed by atoms with Gasteiger partial charge in [-0.25, -0.2) is 0 Å². The largest absolute Gasteiger partial charge is 0.0622 e. The molecule has 3 rings (SSSR count). The van der Waals surface area contributed by atoms with Crippen LogP contribution < -0.4 is 0 Å². The summed E-state index contributed by atoms with van der Waals surface area (Å²) in [5.41, 5.74) is 6.68. The minimum atomic E-state index is 0.177. The second kappa shape index (κ2) is 5.81. The van der Waals surface area contributed by atoms with Gasteiger partial charge in [0.2, 0.25) is 0 Å². The highest BCUT2D eigenvalue weighted by atomic mass is 14.2. The van der Waals surface area contributed by atoms with Gasteiger partial charge in [0.05, 0.1) is 0 Å². The lowest BCUT2D eigenvalue weighted by Gasteiger charge is -2.18. The molecule has 1 aliphatic carbocycles. The summed E-state index contributed by atoms with van der Waals surface area (Å²) in [7, 11) is 0. The fraction of sp³-hybridized carbons (Fsp3) is 0.182. The predicted octanol–water partition coefficient (Wildman–Crippen LogP) is 6.03. The molecule has 0 amide bonds. The number of hydrogen-bond acceptors (Lipinski definition) is 0. The average molecular weight is 286 g/mol. The molecule has 0 saturated heterocycles. The van der Waals surface area contributed by atoms with Crippen molar-refractivity contribution in [2.75, 3.05) is 0 Å². The van der Waals surface area contributed by atoms with Crippen molar-refractivity contribution in [3.05, 3.63) is 101 Å². The Morgan fingerprint density at radius 1 is 0.682 bits per heavy atom. The molecule has 0 unspecified atom stereocenters. The molecule has 110 valence electrons. The van der Waals surface area contributed by atoms with E-state index in [1.807, 2.05) is 0 Å². The molecule has 0 radical (unpaired) electrons. The Hall–Kier alpha value is -2.34. The van der Waals surface area contributed by atoms with Crippen LogP contribution in [0.1, 0.15) is 31.9 Å². The number of allylic oxidation sites excluding steroid dienone is 5. The third kappa shape index (κ3) is 2.96. The lowest BCUT2D eigenvalue weighted by atomic mass is 9.87. The standard InChI is InChI=1S/C22H22/c1-22(2,3)20-15-14-19(16-20)21(17-10-6-4-7-11-17)18-12-8-5-9-13-18/h4-16H,1-3H3. The lowest BCUT2D eigenvalue weighted by molar-refractivity contribution is 0.518. The zero-order chi connectivity index (χ0) is 15.6. The Balaban J connectivity index is 2.18. The Morgan fingerprint density at radius 2 is 1.18 bits per heavy atom. The second-order valence-electron chi connectivity index (χ2n) is 6.75. The van der Waals surface area contributed by atoms with E-state index in [0.717, 1.165) is 0 Å². The molecule has 0 fully saturated rings. The van der Waals surface area contributed by atoms with E-state index in [-0.39, 0.29) is 5.41 Å². The van der Waals surface area contributed by atoms with Crippen molar-refractivity contribution in [1.82, 2.24) is 0 Å². The van der Waals surface area contributed by atoms with E-state index in [1.54, 1.807) is 0 Å².